The van der Waals surface area contributed by atoms with Gasteiger partial charge in [0.25, 0.3) is 0 Å². The lowest BCUT2D eigenvalue weighted by Gasteiger charge is -2.18. The van der Waals surface area contributed by atoms with Gasteiger partial charge >= 0.3 is 0 Å². The summed E-state index contributed by atoms with van der Waals surface area (Å²) in [6.07, 6.45) is 4.45. The zero-order valence-electron chi connectivity index (χ0n) is 24.4. The van der Waals surface area contributed by atoms with Gasteiger partial charge < -0.3 is 4.57 Å². The maximum atomic E-state index is 13.9. The Labute approximate surface area is 249 Å². The van der Waals surface area contributed by atoms with Crippen molar-refractivity contribution < 1.29 is 18.4 Å². The van der Waals surface area contributed by atoms with Gasteiger partial charge in [-0.2, -0.15) is 0 Å². The number of hydrogen-bond donors (Lipinski definition) is 0. The van der Waals surface area contributed by atoms with Crippen LogP contribution >= 0.6 is 0 Å². The van der Waals surface area contributed by atoms with Crippen molar-refractivity contribution in [2.45, 2.75) is 46.1 Å². The maximum Gasteiger partial charge on any atom is 0.193 e. The lowest BCUT2D eigenvalue weighted by Crippen LogP contribution is -2.10. The van der Waals surface area contributed by atoms with Crippen LogP contribution in [-0.4, -0.2) is 16.1 Å². The minimum Gasteiger partial charge on any atom is -0.340 e. The highest BCUT2D eigenvalue weighted by molar-refractivity contribution is 6.26. The van der Waals surface area contributed by atoms with Crippen molar-refractivity contribution in [3.05, 3.63) is 131 Å². The van der Waals surface area contributed by atoms with Gasteiger partial charge in [0.15, 0.2) is 11.6 Å². The van der Waals surface area contributed by atoms with Crippen molar-refractivity contribution in [2.75, 3.05) is 0 Å². The number of aromatic nitrogens is 1. The smallest absolute Gasteiger partial charge is 0.193 e. The third-order valence-electron chi connectivity index (χ3n) is 8.57. The van der Waals surface area contributed by atoms with Crippen LogP contribution in [0.5, 0.6) is 0 Å². The Kier molecular flexibility index (Phi) is 7.90. The number of nitrogens with zero attached hydrogens (tertiary/aromatic N) is 1. The fourth-order valence-corrected chi connectivity index (χ4v) is 6.18. The average Bonchev–Trinajstić information content (AvgIpc) is 3.35. The monoisotopic (exact) mass is 573 g/mol. The van der Waals surface area contributed by atoms with Gasteiger partial charge in [-0.3, -0.25) is 9.59 Å². The molecule has 0 N–H and O–H groups in total. The van der Waals surface area contributed by atoms with Crippen molar-refractivity contribution >= 4 is 44.1 Å². The normalized spacial score (nSPS) is 12.3. The lowest BCUT2D eigenvalue weighted by molar-refractivity contribution is 0.103. The molecule has 0 fully saturated rings. The molecule has 43 heavy (non-hydrogen) atoms. The second kappa shape index (κ2) is 11.9. The standard InChI is InChI=1S/C38H33F2NO2/c1-3-5-8-24(4-2)23-41-35-20-15-27(37(42)25-11-16-28(39)17-12-25)21-32(35)33-22-34(30-9-6-7-10-31(30)36(33)41)38(43)26-13-18-29(40)19-14-26/h6-7,9-22,24H,3-5,8,23H2,1-2H3. The highest BCUT2D eigenvalue weighted by Crippen LogP contribution is 2.38. The van der Waals surface area contributed by atoms with Crippen molar-refractivity contribution in [1.29, 1.82) is 0 Å². The Morgan fingerprint density at radius 3 is 1.91 bits per heavy atom. The summed E-state index contributed by atoms with van der Waals surface area (Å²) in [6.45, 7) is 5.25. The average molecular weight is 574 g/mol. The molecule has 216 valence electrons. The number of carbonyl (C=O) groups is 2. The molecule has 0 aliphatic heterocycles. The fraction of sp³-hybridized carbons (Fsp3) is 0.211. The van der Waals surface area contributed by atoms with Gasteiger partial charge in [0.2, 0.25) is 0 Å². The van der Waals surface area contributed by atoms with E-state index in [2.05, 4.69) is 18.4 Å². The first-order valence-corrected chi connectivity index (χ1v) is 15.0. The molecule has 0 bridgehead atoms. The molecule has 0 saturated carbocycles. The summed E-state index contributed by atoms with van der Waals surface area (Å²) >= 11 is 0. The molecule has 5 aromatic carbocycles. The maximum absolute atomic E-state index is 13.9. The second-order valence-electron chi connectivity index (χ2n) is 11.3. The van der Waals surface area contributed by atoms with E-state index in [0.29, 0.717) is 28.2 Å². The van der Waals surface area contributed by atoms with Crippen LogP contribution in [0, 0.1) is 17.6 Å². The van der Waals surface area contributed by atoms with Crippen LogP contribution in [0.25, 0.3) is 32.6 Å². The molecule has 1 aromatic heterocycles. The van der Waals surface area contributed by atoms with Gasteiger partial charge in [-0.1, -0.05) is 57.4 Å². The van der Waals surface area contributed by atoms with Crippen molar-refractivity contribution in [1.82, 2.24) is 4.57 Å². The summed E-state index contributed by atoms with van der Waals surface area (Å²) < 4.78 is 29.6. The van der Waals surface area contributed by atoms with Gasteiger partial charge in [0.05, 0.1) is 5.52 Å². The van der Waals surface area contributed by atoms with E-state index in [4.69, 9.17) is 0 Å². The molecule has 0 spiro atoms. The fourth-order valence-electron chi connectivity index (χ4n) is 6.18. The topological polar surface area (TPSA) is 39.1 Å². The number of ketones is 2. The molecule has 6 aromatic rings. The van der Waals surface area contributed by atoms with Crippen molar-refractivity contribution in [3.8, 4) is 0 Å². The molecule has 3 nitrogen and oxygen atoms in total. The van der Waals surface area contributed by atoms with Gasteiger partial charge in [0.1, 0.15) is 11.6 Å². The highest BCUT2D eigenvalue weighted by Gasteiger charge is 2.22. The van der Waals surface area contributed by atoms with E-state index < -0.39 is 11.6 Å². The SMILES string of the molecule is CCCCC(CC)Cn1c2ccc(C(=O)c3ccc(F)cc3)cc2c2cc(C(=O)c3ccc(F)cc3)c3ccccc3c21. The highest BCUT2D eigenvalue weighted by atomic mass is 19.1. The Morgan fingerprint density at radius 1 is 0.674 bits per heavy atom. The quantitative estimate of drug-likeness (QED) is 0.153. The molecule has 1 unspecified atom stereocenters. The number of rotatable bonds is 10. The largest absolute Gasteiger partial charge is 0.340 e. The predicted molar refractivity (Wildman–Crippen MR) is 170 cm³/mol. The van der Waals surface area contributed by atoms with Gasteiger partial charge in [-0.05, 0) is 90.5 Å². The molecule has 0 amide bonds. The summed E-state index contributed by atoms with van der Waals surface area (Å²) in [4.78, 5) is 27.3. The second-order valence-corrected chi connectivity index (χ2v) is 11.3. The number of carbonyl (C=O) groups excluding carboxylic acids is 2. The lowest BCUT2D eigenvalue weighted by atomic mass is 9.94. The number of hydrogen-bond acceptors (Lipinski definition) is 2. The molecular weight excluding hydrogens is 540 g/mol. The minimum atomic E-state index is -0.396. The van der Waals surface area contributed by atoms with Crippen LogP contribution in [-0.2, 0) is 6.54 Å². The number of fused-ring (bicyclic) bond motifs is 5. The molecule has 1 heterocycles. The van der Waals surface area contributed by atoms with E-state index >= 15 is 0 Å². The van der Waals surface area contributed by atoms with E-state index in [1.165, 1.54) is 48.5 Å². The van der Waals surface area contributed by atoms with Crippen LogP contribution in [0.4, 0.5) is 8.78 Å². The Balaban J connectivity index is 1.62. The Hall–Kier alpha value is -4.64. The Bertz CT molecular complexity index is 1970. The Morgan fingerprint density at radius 2 is 1.28 bits per heavy atom. The van der Waals surface area contributed by atoms with Crippen LogP contribution in [0.3, 0.4) is 0 Å². The van der Waals surface area contributed by atoms with Crippen LogP contribution in [0.1, 0.15) is 71.4 Å². The number of benzene rings is 5. The van der Waals surface area contributed by atoms with Gasteiger partial charge in [0, 0.05) is 50.5 Å². The predicted octanol–water partition coefficient (Wildman–Crippen LogP) is 9.90. The van der Waals surface area contributed by atoms with Crippen molar-refractivity contribution in [3.63, 3.8) is 0 Å². The van der Waals surface area contributed by atoms with Crippen LogP contribution < -0.4 is 0 Å². The minimum absolute atomic E-state index is 0.188. The van der Waals surface area contributed by atoms with Crippen molar-refractivity contribution in [2.24, 2.45) is 5.92 Å². The molecule has 0 saturated heterocycles. The summed E-state index contributed by atoms with van der Waals surface area (Å²) in [5, 5.41) is 3.56. The van der Waals surface area contributed by atoms with E-state index in [0.717, 1.165) is 64.8 Å². The first kappa shape index (κ1) is 28.5. The molecule has 0 aliphatic carbocycles. The third-order valence-corrected chi connectivity index (χ3v) is 8.57. The summed E-state index contributed by atoms with van der Waals surface area (Å²) in [6, 6.07) is 26.8. The number of unbranched alkanes of at least 4 members (excludes halogenated alkanes) is 1. The zero-order valence-corrected chi connectivity index (χ0v) is 24.4. The molecule has 0 radical (unpaired) electrons. The first-order chi connectivity index (χ1) is 20.9. The first-order valence-electron chi connectivity index (χ1n) is 15.0. The van der Waals surface area contributed by atoms with Gasteiger partial charge in [-0.25, -0.2) is 8.78 Å². The summed E-state index contributed by atoms with van der Waals surface area (Å²) in [5.74, 6) is -0.702. The van der Waals surface area contributed by atoms with E-state index in [9.17, 15) is 18.4 Å². The van der Waals surface area contributed by atoms with Crippen LogP contribution in [0.15, 0.2) is 97.1 Å². The number of halogens is 2. The van der Waals surface area contributed by atoms with Gasteiger partial charge in [-0.15, -0.1) is 0 Å². The molecule has 1 atom stereocenters. The third kappa shape index (κ3) is 5.36. The van der Waals surface area contributed by atoms with Crippen LogP contribution in [0.2, 0.25) is 0 Å². The van der Waals surface area contributed by atoms with E-state index in [1.807, 2.05) is 48.5 Å². The zero-order chi connectivity index (χ0) is 30.1. The molecule has 5 heteroatoms. The molecular formula is C38H33F2NO2. The summed E-state index contributed by atoms with van der Waals surface area (Å²) in [5.41, 5.74) is 3.87. The molecule has 0 aliphatic rings. The molecule has 6 rings (SSSR count). The summed E-state index contributed by atoms with van der Waals surface area (Å²) in [7, 11) is 0. The van der Waals surface area contributed by atoms with E-state index in [-0.39, 0.29) is 11.6 Å². The van der Waals surface area contributed by atoms with E-state index in [1.54, 1.807) is 0 Å².